The fourth-order valence-corrected chi connectivity index (χ4v) is 5.06. The predicted octanol–water partition coefficient (Wildman–Crippen LogP) is 2.54. The molecule has 1 amide bonds. The minimum atomic E-state index is -3.72. The zero-order valence-corrected chi connectivity index (χ0v) is 19.5. The molecule has 1 heterocycles. The van der Waals surface area contributed by atoms with E-state index in [9.17, 15) is 22.8 Å². The second kappa shape index (κ2) is 10.7. The molecule has 0 saturated carbocycles. The zero-order valence-electron chi connectivity index (χ0n) is 18.7. The lowest BCUT2D eigenvalue weighted by Gasteiger charge is -2.30. The molecule has 3 rings (SSSR count). The third-order valence-electron chi connectivity index (χ3n) is 5.66. The number of Topliss-reactive ketones (excluding diaryl/α,β-unsaturated/α-hetero) is 1. The van der Waals surface area contributed by atoms with Gasteiger partial charge in [-0.3, -0.25) is 14.4 Å². The second-order valence-corrected chi connectivity index (χ2v) is 9.98. The number of nitrogens with one attached hydrogen (secondary N) is 1. The van der Waals surface area contributed by atoms with Crippen molar-refractivity contribution in [2.45, 2.75) is 44.2 Å². The Hall–Kier alpha value is -3.04. The number of hydrogen-bond acceptors (Lipinski definition) is 6. The van der Waals surface area contributed by atoms with Crippen LogP contribution in [0.1, 0.15) is 42.6 Å². The number of hydrogen-bond donors (Lipinski definition) is 1. The fourth-order valence-electron chi connectivity index (χ4n) is 3.60. The van der Waals surface area contributed by atoms with Gasteiger partial charge in [0.1, 0.15) is 0 Å². The van der Waals surface area contributed by atoms with Gasteiger partial charge < -0.3 is 10.1 Å². The van der Waals surface area contributed by atoms with Gasteiger partial charge in [-0.15, -0.1) is 0 Å². The zero-order chi connectivity index (χ0) is 24.0. The first kappa shape index (κ1) is 24.6. The molecule has 176 valence electrons. The summed E-state index contributed by atoms with van der Waals surface area (Å²) in [7, 11) is -3.72. The summed E-state index contributed by atoms with van der Waals surface area (Å²) < 4.78 is 32.4. The number of sulfonamides is 1. The highest BCUT2D eigenvalue weighted by molar-refractivity contribution is 7.89. The largest absolute Gasteiger partial charge is 0.452 e. The smallest absolute Gasteiger partial charge is 0.309 e. The van der Waals surface area contributed by atoms with E-state index in [1.807, 2.05) is 30.3 Å². The van der Waals surface area contributed by atoms with Crippen LogP contribution in [0.25, 0.3) is 0 Å². The molecule has 0 aromatic heterocycles. The van der Waals surface area contributed by atoms with Crippen molar-refractivity contribution in [3.05, 3.63) is 65.7 Å². The predicted molar refractivity (Wildman–Crippen MR) is 122 cm³/mol. The van der Waals surface area contributed by atoms with Crippen molar-refractivity contribution in [2.24, 2.45) is 5.92 Å². The average molecular weight is 473 g/mol. The molecule has 1 aliphatic heterocycles. The van der Waals surface area contributed by atoms with Gasteiger partial charge in [0.25, 0.3) is 5.91 Å². The van der Waals surface area contributed by atoms with E-state index < -0.39 is 28.0 Å². The standard InChI is InChI=1S/C24H28N2O6S/c1-17(27)20-8-10-22(11-9-20)33(30,31)26-14-12-21(13-15-26)24(29)32-18(2)23(28)25-16-19-6-4-3-5-7-19/h3-11,18,21H,12-16H2,1-2H3,(H,25,28)/t18-/m1/s1. The number of ketones is 1. The van der Waals surface area contributed by atoms with Crippen molar-refractivity contribution in [2.75, 3.05) is 13.1 Å². The van der Waals surface area contributed by atoms with E-state index in [4.69, 9.17) is 4.74 Å². The molecule has 0 unspecified atom stereocenters. The van der Waals surface area contributed by atoms with Crippen molar-refractivity contribution in [3.8, 4) is 0 Å². The summed E-state index contributed by atoms with van der Waals surface area (Å²) >= 11 is 0. The normalized spacial score (nSPS) is 16.1. The third-order valence-corrected chi connectivity index (χ3v) is 7.57. The molecular formula is C24H28N2O6S. The van der Waals surface area contributed by atoms with Crippen LogP contribution in [0.3, 0.4) is 0 Å². The molecular weight excluding hydrogens is 444 g/mol. The summed E-state index contributed by atoms with van der Waals surface area (Å²) in [5.41, 5.74) is 1.38. The average Bonchev–Trinajstić information content (AvgIpc) is 2.83. The lowest BCUT2D eigenvalue weighted by Crippen LogP contribution is -2.42. The Balaban J connectivity index is 1.49. The molecule has 1 atom stereocenters. The number of piperidine rings is 1. The first-order valence-electron chi connectivity index (χ1n) is 10.8. The fraction of sp³-hybridized carbons (Fsp3) is 0.375. The van der Waals surface area contributed by atoms with Gasteiger partial charge >= 0.3 is 5.97 Å². The molecule has 33 heavy (non-hydrogen) atoms. The Morgan fingerprint density at radius 3 is 2.21 bits per heavy atom. The van der Waals surface area contributed by atoms with Crippen molar-refractivity contribution in [3.63, 3.8) is 0 Å². The molecule has 0 radical (unpaired) electrons. The molecule has 2 aromatic rings. The van der Waals surface area contributed by atoms with Gasteiger partial charge in [0.2, 0.25) is 10.0 Å². The van der Waals surface area contributed by atoms with Crippen LogP contribution >= 0.6 is 0 Å². The van der Waals surface area contributed by atoms with Crippen LogP contribution < -0.4 is 5.32 Å². The van der Waals surface area contributed by atoms with Crippen LogP contribution in [0.5, 0.6) is 0 Å². The SMILES string of the molecule is CC(=O)c1ccc(S(=O)(=O)N2CCC(C(=O)O[C@H](C)C(=O)NCc3ccccc3)CC2)cc1. The van der Waals surface area contributed by atoms with Crippen LogP contribution in [-0.2, 0) is 30.9 Å². The first-order valence-corrected chi connectivity index (χ1v) is 12.3. The molecule has 9 heteroatoms. The van der Waals surface area contributed by atoms with E-state index in [-0.39, 0.29) is 29.7 Å². The van der Waals surface area contributed by atoms with Crippen LogP contribution in [0.4, 0.5) is 0 Å². The highest BCUT2D eigenvalue weighted by Gasteiger charge is 2.34. The summed E-state index contributed by atoms with van der Waals surface area (Å²) in [4.78, 5) is 36.3. The van der Waals surface area contributed by atoms with Crippen molar-refractivity contribution < 1.29 is 27.5 Å². The summed E-state index contributed by atoms with van der Waals surface area (Å²) in [6.45, 7) is 3.62. The highest BCUT2D eigenvalue weighted by Crippen LogP contribution is 2.25. The number of carbonyl (C=O) groups is 3. The number of ether oxygens (including phenoxy) is 1. The first-order chi connectivity index (χ1) is 15.7. The van der Waals surface area contributed by atoms with Crippen molar-refractivity contribution in [1.82, 2.24) is 9.62 Å². The van der Waals surface area contributed by atoms with Crippen LogP contribution in [0.2, 0.25) is 0 Å². The number of nitrogens with zero attached hydrogens (tertiary/aromatic N) is 1. The monoisotopic (exact) mass is 472 g/mol. The van der Waals surface area contributed by atoms with E-state index in [1.54, 1.807) is 0 Å². The van der Waals surface area contributed by atoms with Crippen molar-refractivity contribution in [1.29, 1.82) is 0 Å². The summed E-state index contributed by atoms with van der Waals surface area (Å²) in [6.07, 6.45) is -0.327. The molecule has 0 bridgehead atoms. The molecule has 1 N–H and O–H groups in total. The van der Waals surface area contributed by atoms with E-state index >= 15 is 0 Å². The van der Waals surface area contributed by atoms with Gasteiger partial charge in [0.15, 0.2) is 11.9 Å². The quantitative estimate of drug-likeness (QED) is 0.467. The van der Waals surface area contributed by atoms with Gasteiger partial charge in [-0.05, 0) is 44.4 Å². The van der Waals surface area contributed by atoms with Crippen LogP contribution in [0, 0.1) is 5.92 Å². The third kappa shape index (κ3) is 6.27. The lowest BCUT2D eigenvalue weighted by atomic mass is 9.98. The Morgan fingerprint density at radius 1 is 1.03 bits per heavy atom. The van der Waals surface area contributed by atoms with E-state index in [0.29, 0.717) is 24.9 Å². The lowest BCUT2D eigenvalue weighted by molar-refractivity contribution is -0.159. The van der Waals surface area contributed by atoms with E-state index in [2.05, 4.69) is 5.32 Å². The van der Waals surface area contributed by atoms with Gasteiger partial charge in [0.05, 0.1) is 10.8 Å². The maximum atomic E-state index is 12.9. The Morgan fingerprint density at radius 2 is 1.64 bits per heavy atom. The van der Waals surface area contributed by atoms with Gasteiger partial charge in [0, 0.05) is 25.2 Å². The molecule has 1 aliphatic rings. The number of carbonyl (C=O) groups excluding carboxylic acids is 3. The molecule has 2 aromatic carbocycles. The number of rotatable bonds is 8. The summed E-state index contributed by atoms with van der Waals surface area (Å²) in [5, 5.41) is 2.74. The second-order valence-electron chi connectivity index (χ2n) is 8.04. The Bertz CT molecular complexity index is 1090. The maximum absolute atomic E-state index is 12.9. The molecule has 0 aliphatic carbocycles. The topological polar surface area (TPSA) is 110 Å². The van der Waals surface area contributed by atoms with Gasteiger partial charge in [-0.1, -0.05) is 42.5 Å². The summed E-state index contributed by atoms with van der Waals surface area (Å²) in [6, 6.07) is 15.2. The van der Waals surface area contributed by atoms with E-state index in [0.717, 1.165) is 5.56 Å². The molecule has 1 fully saturated rings. The molecule has 0 spiro atoms. The minimum absolute atomic E-state index is 0.109. The van der Waals surface area contributed by atoms with Gasteiger partial charge in [-0.25, -0.2) is 8.42 Å². The van der Waals surface area contributed by atoms with E-state index in [1.165, 1.54) is 42.4 Å². The Labute approximate surface area is 194 Å². The number of benzene rings is 2. The number of amides is 1. The number of esters is 1. The highest BCUT2D eigenvalue weighted by atomic mass is 32.2. The maximum Gasteiger partial charge on any atom is 0.309 e. The Kier molecular flexibility index (Phi) is 7.99. The van der Waals surface area contributed by atoms with Crippen LogP contribution in [-0.4, -0.2) is 49.6 Å². The van der Waals surface area contributed by atoms with Gasteiger partial charge in [-0.2, -0.15) is 4.31 Å². The van der Waals surface area contributed by atoms with Crippen molar-refractivity contribution >= 4 is 27.7 Å². The molecule has 8 nitrogen and oxygen atoms in total. The summed E-state index contributed by atoms with van der Waals surface area (Å²) in [5.74, 6) is -1.50. The van der Waals surface area contributed by atoms with Crippen LogP contribution in [0.15, 0.2) is 59.5 Å². The minimum Gasteiger partial charge on any atom is -0.452 e. The molecule has 1 saturated heterocycles.